The summed E-state index contributed by atoms with van der Waals surface area (Å²) in [4.78, 5) is 12.8. The van der Waals surface area contributed by atoms with Gasteiger partial charge >= 0.3 is 0 Å². The number of anilines is 1. The van der Waals surface area contributed by atoms with Gasteiger partial charge in [-0.15, -0.1) is 0 Å². The van der Waals surface area contributed by atoms with Crippen molar-refractivity contribution in [2.24, 2.45) is 0 Å². The van der Waals surface area contributed by atoms with Gasteiger partial charge in [-0.2, -0.15) is 5.10 Å². The number of aromatic nitrogens is 2. The summed E-state index contributed by atoms with van der Waals surface area (Å²) in [6.07, 6.45) is 4.67. The Morgan fingerprint density at radius 3 is 2.65 bits per heavy atom. The second-order valence-corrected chi connectivity index (χ2v) is 5.00. The second kappa shape index (κ2) is 5.46. The molecule has 20 heavy (non-hydrogen) atoms. The van der Waals surface area contributed by atoms with Gasteiger partial charge in [-0.3, -0.25) is 9.89 Å². The zero-order chi connectivity index (χ0) is 13.8. The summed E-state index contributed by atoms with van der Waals surface area (Å²) in [6, 6.07) is 9.93. The molecule has 1 aromatic heterocycles. The van der Waals surface area contributed by atoms with Crippen LogP contribution in [0.1, 0.15) is 18.4 Å². The van der Waals surface area contributed by atoms with Crippen LogP contribution >= 0.6 is 0 Å². The maximum Gasteiger partial charge on any atom is 0.235 e. The molecular weight excluding hydrogens is 254 g/mol. The van der Waals surface area contributed by atoms with Gasteiger partial charge in [-0.25, -0.2) is 0 Å². The van der Waals surface area contributed by atoms with Gasteiger partial charge in [0.25, 0.3) is 0 Å². The van der Waals surface area contributed by atoms with Crippen molar-refractivity contribution in [1.29, 1.82) is 0 Å². The van der Waals surface area contributed by atoms with Crippen LogP contribution < -0.4 is 5.32 Å². The summed E-state index contributed by atoms with van der Waals surface area (Å²) in [6.45, 7) is 1.21. The highest BCUT2D eigenvalue weighted by Gasteiger charge is 2.41. The van der Waals surface area contributed by atoms with Crippen molar-refractivity contribution in [1.82, 2.24) is 10.2 Å². The van der Waals surface area contributed by atoms with E-state index in [4.69, 9.17) is 4.74 Å². The van der Waals surface area contributed by atoms with E-state index in [1.54, 1.807) is 12.4 Å². The Morgan fingerprint density at radius 1 is 1.25 bits per heavy atom. The van der Waals surface area contributed by atoms with Crippen LogP contribution in [0.15, 0.2) is 42.7 Å². The molecule has 2 N–H and O–H groups in total. The lowest BCUT2D eigenvalue weighted by molar-refractivity contribution is -0.125. The SMILES string of the molecule is O=C(Nc1cn[nH]c1)C1(c2ccccc2)CCOCC1. The second-order valence-electron chi connectivity index (χ2n) is 5.00. The first-order chi connectivity index (χ1) is 9.81. The minimum atomic E-state index is -0.517. The van der Waals surface area contributed by atoms with Crippen LogP contribution in [0.4, 0.5) is 5.69 Å². The average molecular weight is 271 g/mol. The molecule has 0 saturated carbocycles. The van der Waals surface area contributed by atoms with E-state index in [-0.39, 0.29) is 5.91 Å². The van der Waals surface area contributed by atoms with Crippen molar-refractivity contribution in [3.05, 3.63) is 48.3 Å². The van der Waals surface area contributed by atoms with E-state index >= 15 is 0 Å². The molecule has 5 nitrogen and oxygen atoms in total. The van der Waals surface area contributed by atoms with Gasteiger partial charge in [0.05, 0.1) is 17.3 Å². The summed E-state index contributed by atoms with van der Waals surface area (Å²) in [5.74, 6) is 0.00778. The standard InChI is InChI=1S/C15H17N3O2/c19-14(18-13-10-16-17-11-13)15(6-8-20-9-7-15)12-4-2-1-3-5-12/h1-5,10-11H,6-9H2,(H,16,17)(H,18,19). The lowest BCUT2D eigenvalue weighted by atomic mass is 9.73. The molecule has 0 bridgehead atoms. The summed E-state index contributed by atoms with van der Waals surface area (Å²) in [7, 11) is 0. The zero-order valence-corrected chi connectivity index (χ0v) is 11.1. The third-order valence-electron chi connectivity index (χ3n) is 3.86. The number of amides is 1. The Balaban J connectivity index is 1.91. The van der Waals surface area contributed by atoms with Gasteiger partial charge in [-0.1, -0.05) is 30.3 Å². The number of hydrogen-bond donors (Lipinski definition) is 2. The molecule has 2 heterocycles. The topological polar surface area (TPSA) is 67.0 Å². The van der Waals surface area contributed by atoms with Crippen LogP contribution in [0.5, 0.6) is 0 Å². The molecule has 0 unspecified atom stereocenters. The van der Waals surface area contributed by atoms with E-state index in [1.165, 1.54) is 0 Å². The van der Waals surface area contributed by atoms with E-state index in [1.807, 2.05) is 30.3 Å². The van der Waals surface area contributed by atoms with Gasteiger partial charge in [0.2, 0.25) is 5.91 Å². The third-order valence-corrected chi connectivity index (χ3v) is 3.86. The summed E-state index contributed by atoms with van der Waals surface area (Å²) < 4.78 is 5.43. The Morgan fingerprint density at radius 2 is 2.00 bits per heavy atom. The zero-order valence-electron chi connectivity index (χ0n) is 11.1. The predicted molar refractivity (Wildman–Crippen MR) is 75.4 cm³/mol. The highest BCUT2D eigenvalue weighted by Crippen LogP contribution is 2.35. The molecular formula is C15H17N3O2. The van der Waals surface area contributed by atoms with E-state index in [0.717, 1.165) is 5.56 Å². The van der Waals surface area contributed by atoms with Gasteiger partial charge < -0.3 is 10.1 Å². The maximum atomic E-state index is 12.8. The smallest absolute Gasteiger partial charge is 0.235 e. The number of H-pyrrole nitrogens is 1. The first kappa shape index (κ1) is 12.9. The summed E-state index contributed by atoms with van der Waals surface area (Å²) >= 11 is 0. The molecule has 1 aliphatic rings. The fourth-order valence-electron chi connectivity index (χ4n) is 2.69. The number of benzene rings is 1. The molecule has 2 aromatic rings. The Kier molecular flexibility index (Phi) is 3.52. The van der Waals surface area contributed by atoms with Gasteiger partial charge in [-0.05, 0) is 18.4 Å². The average Bonchev–Trinajstić information content (AvgIpc) is 3.02. The first-order valence-corrected chi connectivity index (χ1v) is 6.75. The molecule has 0 spiro atoms. The van der Waals surface area contributed by atoms with Crippen LogP contribution in [0.3, 0.4) is 0 Å². The monoisotopic (exact) mass is 271 g/mol. The van der Waals surface area contributed by atoms with Crippen LogP contribution in [0.2, 0.25) is 0 Å². The number of rotatable bonds is 3. The number of aromatic amines is 1. The van der Waals surface area contributed by atoms with Crippen LogP contribution in [-0.4, -0.2) is 29.3 Å². The van der Waals surface area contributed by atoms with Gasteiger partial charge in [0.15, 0.2) is 0 Å². The van der Waals surface area contributed by atoms with Crippen LogP contribution in [0.25, 0.3) is 0 Å². The van der Waals surface area contributed by atoms with Crippen molar-refractivity contribution in [2.75, 3.05) is 18.5 Å². The van der Waals surface area contributed by atoms with Gasteiger partial charge in [0.1, 0.15) is 0 Å². The quantitative estimate of drug-likeness (QED) is 0.898. The van der Waals surface area contributed by atoms with Crippen LogP contribution in [0, 0.1) is 0 Å². The molecule has 1 amide bonds. The molecule has 0 atom stereocenters. The number of ether oxygens (including phenoxy) is 1. The lowest BCUT2D eigenvalue weighted by Gasteiger charge is -2.36. The summed E-state index contributed by atoms with van der Waals surface area (Å²) in [5.41, 5.74) is 1.22. The molecule has 1 saturated heterocycles. The molecule has 3 rings (SSSR count). The molecule has 1 aliphatic heterocycles. The minimum absolute atomic E-state index is 0.00778. The van der Waals surface area contributed by atoms with Crippen molar-refractivity contribution < 1.29 is 9.53 Å². The number of carbonyl (C=O) groups is 1. The molecule has 1 aromatic carbocycles. The molecule has 5 heteroatoms. The van der Waals surface area contributed by atoms with E-state index < -0.39 is 5.41 Å². The van der Waals surface area contributed by atoms with E-state index in [2.05, 4.69) is 15.5 Å². The van der Waals surface area contributed by atoms with Crippen molar-refractivity contribution in [2.45, 2.75) is 18.3 Å². The predicted octanol–water partition coefficient (Wildman–Crippen LogP) is 2.10. The number of nitrogens with zero attached hydrogens (tertiary/aromatic N) is 1. The maximum absolute atomic E-state index is 12.8. The number of hydrogen-bond acceptors (Lipinski definition) is 3. The highest BCUT2D eigenvalue weighted by molar-refractivity contribution is 5.99. The van der Waals surface area contributed by atoms with E-state index in [0.29, 0.717) is 31.7 Å². The fraction of sp³-hybridized carbons (Fsp3) is 0.333. The highest BCUT2D eigenvalue weighted by atomic mass is 16.5. The molecule has 104 valence electrons. The normalized spacial score (nSPS) is 17.6. The molecule has 0 aliphatic carbocycles. The number of nitrogens with one attached hydrogen (secondary N) is 2. The minimum Gasteiger partial charge on any atom is -0.381 e. The van der Waals surface area contributed by atoms with Crippen molar-refractivity contribution >= 4 is 11.6 Å². The Hall–Kier alpha value is -2.14. The largest absolute Gasteiger partial charge is 0.381 e. The van der Waals surface area contributed by atoms with E-state index in [9.17, 15) is 4.79 Å². The van der Waals surface area contributed by atoms with Crippen LogP contribution in [-0.2, 0) is 14.9 Å². The number of carbonyl (C=O) groups excluding carboxylic acids is 1. The first-order valence-electron chi connectivity index (χ1n) is 6.75. The third kappa shape index (κ3) is 2.32. The van der Waals surface area contributed by atoms with Gasteiger partial charge in [0, 0.05) is 19.4 Å². The fourth-order valence-corrected chi connectivity index (χ4v) is 2.69. The van der Waals surface area contributed by atoms with Crippen molar-refractivity contribution in [3.8, 4) is 0 Å². The summed E-state index contributed by atoms with van der Waals surface area (Å²) in [5, 5.41) is 9.50. The van der Waals surface area contributed by atoms with Crippen molar-refractivity contribution in [3.63, 3.8) is 0 Å². The lowest BCUT2D eigenvalue weighted by Crippen LogP contribution is -2.44. The Bertz CT molecular complexity index is 560. The Labute approximate surface area is 117 Å². The molecule has 0 radical (unpaired) electrons. The molecule has 1 fully saturated rings.